The third-order valence-corrected chi connectivity index (χ3v) is 4.87. The Bertz CT molecular complexity index is 892. The summed E-state index contributed by atoms with van der Waals surface area (Å²) in [6, 6.07) is 10.4. The second kappa shape index (κ2) is 8.39. The summed E-state index contributed by atoms with van der Waals surface area (Å²) in [4.78, 5) is 11.9. The van der Waals surface area contributed by atoms with Gasteiger partial charge in [-0.3, -0.25) is 9.52 Å². The van der Waals surface area contributed by atoms with E-state index >= 15 is 0 Å². The van der Waals surface area contributed by atoms with E-state index in [1.54, 1.807) is 24.3 Å². The van der Waals surface area contributed by atoms with Gasteiger partial charge >= 0.3 is 0 Å². The van der Waals surface area contributed by atoms with Crippen LogP contribution in [0.2, 0.25) is 0 Å². The van der Waals surface area contributed by atoms with E-state index in [0.29, 0.717) is 23.6 Å². The predicted octanol–water partition coefficient (Wildman–Crippen LogP) is 2.42. The summed E-state index contributed by atoms with van der Waals surface area (Å²) in [5.41, 5.74) is 0.633. The van der Waals surface area contributed by atoms with Crippen molar-refractivity contribution in [1.29, 1.82) is 0 Å². The summed E-state index contributed by atoms with van der Waals surface area (Å²) in [5.74, 6) is 0.562. The highest BCUT2D eigenvalue weighted by molar-refractivity contribution is 7.92. The monoisotopic (exact) mass is 376 g/mol. The smallest absolute Gasteiger partial charge is 0.262 e. The van der Waals surface area contributed by atoms with Crippen molar-refractivity contribution < 1.29 is 22.7 Å². The number of amides is 1. The van der Waals surface area contributed by atoms with Crippen LogP contribution in [0, 0.1) is 0 Å². The molecular formula is C18H20N2O5S. The molecule has 0 unspecified atom stereocenters. The number of rotatable bonds is 8. The number of sulfonamides is 1. The Morgan fingerprint density at radius 1 is 1.12 bits per heavy atom. The van der Waals surface area contributed by atoms with Gasteiger partial charge in [0.15, 0.2) is 0 Å². The highest BCUT2D eigenvalue weighted by atomic mass is 32.2. The van der Waals surface area contributed by atoms with Gasteiger partial charge in [0.2, 0.25) is 0 Å². The number of methoxy groups -OCH3 is 2. The zero-order valence-corrected chi connectivity index (χ0v) is 15.3. The molecule has 0 atom stereocenters. The maximum absolute atomic E-state index is 12.6. The molecule has 0 spiro atoms. The molecule has 2 rings (SSSR count). The third-order valence-electron chi connectivity index (χ3n) is 3.49. The van der Waals surface area contributed by atoms with Gasteiger partial charge < -0.3 is 14.8 Å². The van der Waals surface area contributed by atoms with E-state index < -0.39 is 10.0 Å². The normalized spacial score (nSPS) is 10.7. The van der Waals surface area contributed by atoms with Crippen molar-refractivity contribution >= 4 is 21.6 Å². The van der Waals surface area contributed by atoms with Crippen molar-refractivity contribution in [3.05, 3.63) is 60.7 Å². The highest BCUT2D eigenvalue weighted by Crippen LogP contribution is 2.30. The largest absolute Gasteiger partial charge is 0.497 e. The quantitative estimate of drug-likeness (QED) is 0.690. The summed E-state index contributed by atoms with van der Waals surface area (Å²) >= 11 is 0. The van der Waals surface area contributed by atoms with Gasteiger partial charge in [0.25, 0.3) is 15.9 Å². The maximum Gasteiger partial charge on any atom is 0.262 e. The molecule has 0 radical (unpaired) electrons. The van der Waals surface area contributed by atoms with Crippen LogP contribution in [0.15, 0.2) is 60.0 Å². The van der Waals surface area contributed by atoms with Crippen molar-refractivity contribution in [3.63, 3.8) is 0 Å². The van der Waals surface area contributed by atoms with Crippen LogP contribution >= 0.6 is 0 Å². The second-order valence-corrected chi connectivity index (χ2v) is 6.88. The summed E-state index contributed by atoms with van der Waals surface area (Å²) < 4.78 is 37.9. The molecule has 0 heterocycles. The Morgan fingerprint density at radius 2 is 1.81 bits per heavy atom. The fourth-order valence-corrected chi connectivity index (χ4v) is 3.21. The molecule has 0 saturated carbocycles. The first kappa shape index (κ1) is 19.3. The molecule has 7 nitrogen and oxygen atoms in total. The number of hydrogen-bond acceptors (Lipinski definition) is 5. The SMILES string of the molecule is C=CCNC(=O)c1ccc(S(=O)(=O)Nc2ccc(OC)cc2OC)cc1. The van der Waals surface area contributed by atoms with Crippen molar-refractivity contribution in [2.75, 3.05) is 25.5 Å². The van der Waals surface area contributed by atoms with Crippen molar-refractivity contribution in [2.45, 2.75) is 4.90 Å². The molecule has 8 heteroatoms. The van der Waals surface area contributed by atoms with E-state index in [-0.39, 0.29) is 16.5 Å². The van der Waals surface area contributed by atoms with Gasteiger partial charge in [0, 0.05) is 18.2 Å². The van der Waals surface area contributed by atoms with Gasteiger partial charge in [-0.15, -0.1) is 6.58 Å². The first-order chi connectivity index (χ1) is 12.4. The Hall–Kier alpha value is -3.00. The zero-order valence-electron chi connectivity index (χ0n) is 14.5. The Morgan fingerprint density at radius 3 is 2.38 bits per heavy atom. The van der Waals surface area contributed by atoms with E-state index in [2.05, 4.69) is 16.6 Å². The second-order valence-electron chi connectivity index (χ2n) is 5.19. The molecule has 138 valence electrons. The highest BCUT2D eigenvalue weighted by Gasteiger charge is 2.17. The van der Waals surface area contributed by atoms with E-state index in [1.807, 2.05) is 0 Å². The molecule has 2 N–H and O–H groups in total. The molecule has 0 aliphatic heterocycles. The van der Waals surface area contributed by atoms with Crippen LogP contribution in [0.3, 0.4) is 0 Å². The summed E-state index contributed by atoms with van der Waals surface area (Å²) in [5, 5.41) is 2.62. The minimum absolute atomic E-state index is 0.0237. The van der Waals surface area contributed by atoms with Crippen LogP contribution in [0.5, 0.6) is 11.5 Å². The fourth-order valence-electron chi connectivity index (χ4n) is 2.14. The minimum atomic E-state index is -3.84. The lowest BCUT2D eigenvalue weighted by atomic mass is 10.2. The van der Waals surface area contributed by atoms with E-state index in [9.17, 15) is 13.2 Å². The van der Waals surface area contributed by atoms with Crippen LogP contribution in [0.4, 0.5) is 5.69 Å². The maximum atomic E-state index is 12.6. The molecule has 0 aromatic heterocycles. The lowest BCUT2D eigenvalue weighted by Crippen LogP contribution is -2.23. The molecule has 2 aromatic rings. The van der Waals surface area contributed by atoms with Gasteiger partial charge in [-0.05, 0) is 36.4 Å². The minimum Gasteiger partial charge on any atom is -0.497 e. The fraction of sp³-hybridized carbons (Fsp3) is 0.167. The van der Waals surface area contributed by atoms with Crippen molar-refractivity contribution in [2.24, 2.45) is 0 Å². The van der Waals surface area contributed by atoms with E-state index in [1.165, 1.54) is 38.5 Å². The number of benzene rings is 2. The third kappa shape index (κ3) is 4.54. The summed E-state index contributed by atoms with van der Waals surface area (Å²) in [7, 11) is -0.905. The molecule has 0 bridgehead atoms. The van der Waals surface area contributed by atoms with Crippen molar-refractivity contribution in [1.82, 2.24) is 5.32 Å². The first-order valence-corrected chi connectivity index (χ1v) is 9.13. The van der Waals surface area contributed by atoms with Gasteiger partial charge in [0.1, 0.15) is 11.5 Å². The lowest BCUT2D eigenvalue weighted by molar-refractivity contribution is 0.0958. The Labute approximate surface area is 152 Å². The zero-order chi connectivity index (χ0) is 19.2. The molecule has 26 heavy (non-hydrogen) atoms. The van der Waals surface area contributed by atoms with Crippen LogP contribution in [-0.4, -0.2) is 35.1 Å². The van der Waals surface area contributed by atoms with Gasteiger partial charge in [-0.25, -0.2) is 8.42 Å². The standard InChI is InChI=1S/C18H20N2O5S/c1-4-11-19-18(21)13-5-8-15(9-6-13)26(22,23)20-16-10-7-14(24-2)12-17(16)25-3/h4-10,12,20H,1,11H2,2-3H3,(H,19,21). The Kier molecular flexibility index (Phi) is 6.24. The Balaban J connectivity index is 2.22. The number of anilines is 1. The van der Waals surface area contributed by atoms with Crippen LogP contribution in [0.1, 0.15) is 10.4 Å². The number of ether oxygens (including phenoxy) is 2. The lowest BCUT2D eigenvalue weighted by Gasteiger charge is -2.13. The van der Waals surface area contributed by atoms with Crippen LogP contribution < -0.4 is 19.5 Å². The molecule has 1 amide bonds. The van der Waals surface area contributed by atoms with Crippen LogP contribution in [0.25, 0.3) is 0 Å². The van der Waals surface area contributed by atoms with Gasteiger partial charge in [-0.2, -0.15) is 0 Å². The predicted molar refractivity (Wildman–Crippen MR) is 99.3 cm³/mol. The summed E-state index contributed by atoms with van der Waals surface area (Å²) in [6.07, 6.45) is 1.56. The molecular weight excluding hydrogens is 356 g/mol. The molecule has 0 aliphatic carbocycles. The average Bonchev–Trinajstić information content (AvgIpc) is 2.66. The van der Waals surface area contributed by atoms with E-state index in [0.717, 1.165) is 0 Å². The molecule has 0 fully saturated rings. The van der Waals surface area contributed by atoms with Gasteiger partial charge in [0.05, 0.1) is 24.8 Å². The van der Waals surface area contributed by atoms with Crippen LogP contribution in [-0.2, 0) is 10.0 Å². The molecule has 2 aromatic carbocycles. The van der Waals surface area contributed by atoms with Crippen molar-refractivity contribution in [3.8, 4) is 11.5 Å². The number of carbonyl (C=O) groups excluding carboxylic acids is 1. The van der Waals surface area contributed by atoms with E-state index in [4.69, 9.17) is 9.47 Å². The van der Waals surface area contributed by atoms with Gasteiger partial charge in [-0.1, -0.05) is 6.08 Å². The summed E-state index contributed by atoms with van der Waals surface area (Å²) in [6.45, 7) is 3.85. The topological polar surface area (TPSA) is 93.7 Å². The number of carbonyl (C=O) groups is 1. The average molecular weight is 376 g/mol. The molecule has 0 saturated heterocycles. The first-order valence-electron chi connectivity index (χ1n) is 7.65. The molecule has 0 aliphatic rings. The number of hydrogen-bond donors (Lipinski definition) is 2. The number of nitrogens with one attached hydrogen (secondary N) is 2.